The highest BCUT2D eigenvalue weighted by Crippen LogP contribution is 2.66. The maximum atomic E-state index is 3.54. The van der Waals surface area contributed by atoms with E-state index in [1.165, 1.54) is 81.7 Å². The van der Waals surface area contributed by atoms with Gasteiger partial charge >= 0.3 is 0 Å². The molecule has 1 N–H and O–H groups in total. The molecule has 6 aromatic rings. The lowest BCUT2D eigenvalue weighted by Crippen LogP contribution is -2.30. The number of thiophene rings is 1. The molecule has 3 aliphatic carbocycles. The Morgan fingerprint density at radius 3 is 2.18 bits per heavy atom. The summed E-state index contributed by atoms with van der Waals surface area (Å²) in [5.74, 6) is 0. The van der Waals surface area contributed by atoms with Crippen molar-refractivity contribution in [3.05, 3.63) is 185 Å². The minimum Gasteiger partial charge on any atom is -0.380 e. The van der Waals surface area contributed by atoms with Gasteiger partial charge in [-0.2, -0.15) is 0 Å². The van der Waals surface area contributed by atoms with E-state index in [1.807, 2.05) is 17.5 Å². The van der Waals surface area contributed by atoms with Crippen LogP contribution in [0.3, 0.4) is 0 Å². The van der Waals surface area contributed by atoms with E-state index in [2.05, 4.69) is 151 Å². The molecule has 0 amide bonds. The molecular weight excluding hydrogens is 551 g/mol. The number of hydrogen-bond donors (Lipinski definition) is 1. The minimum atomic E-state index is -0.320. The van der Waals surface area contributed by atoms with Crippen molar-refractivity contribution in [1.29, 1.82) is 0 Å². The van der Waals surface area contributed by atoms with Crippen LogP contribution >= 0.6 is 11.3 Å². The summed E-state index contributed by atoms with van der Waals surface area (Å²) in [4.78, 5) is 1.45. The Kier molecular flexibility index (Phi) is 4.92. The Bertz CT molecular complexity index is 2310. The molecule has 4 aliphatic rings. The summed E-state index contributed by atoms with van der Waals surface area (Å²) >= 11 is 1.97. The number of fused-ring (bicyclic) bond motifs is 13. The molecule has 2 atom stereocenters. The smallest absolute Gasteiger partial charge is 0.0819 e. The van der Waals surface area contributed by atoms with E-state index in [0.29, 0.717) is 0 Å². The number of allylic oxidation sites excluding steroid dienone is 4. The fourth-order valence-corrected chi connectivity index (χ4v) is 9.57. The zero-order valence-electron chi connectivity index (χ0n) is 23.9. The van der Waals surface area contributed by atoms with Gasteiger partial charge in [0.05, 0.1) is 11.5 Å². The van der Waals surface area contributed by atoms with Crippen molar-refractivity contribution in [2.75, 3.05) is 0 Å². The molecular formula is C42H27NS. The van der Waals surface area contributed by atoms with E-state index < -0.39 is 0 Å². The van der Waals surface area contributed by atoms with Gasteiger partial charge in [-0.1, -0.05) is 127 Å². The van der Waals surface area contributed by atoms with Gasteiger partial charge in [-0.25, -0.2) is 0 Å². The average Bonchev–Trinajstić information content (AvgIpc) is 3.71. The van der Waals surface area contributed by atoms with Crippen LogP contribution in [-0.2, 0) is 5.41 Å². The fraction of sp³-hybridized carbons (Fsp3) is 0.0476. The van der Waals surface area contributed by atoms with Gasteiger partial charge in [-0.3, -0.25) is 0 Å². The number of nitrogens with one attached hydrogen (secondary N) is 1. The van der Waals surface area contributed by atoms with Gasteiger partial charge in [-0.05, 0) is 85.6 Å². The van der Waals surface area contributed by atoms with Crippen LogP contribution in [0.1, 0.15) is 27.1 Å². The lowest BCUT2D eigenvalue weighted by Gasteiger charge is -2.29. The van der Waals surface area contributed by atoms with Gasteiger partial charge in [0.2, 0.25) is 0 Å². The Morgan fingerprint density at radius 1 is 0.591 bits per heavy atom. The van der Waals surface area contributed by atoms with Crippen molar-refractivity contribution in [3.63, 3.8) is 0 Å². The Hall–Kier alpha value is -5.18. The van der Waals surface area contributed by atoms with Gasteiger partial charge in [0, 0.05) is 20.5 Å². The maximum absolute atomic E-state index is 3.54. The van der Waals surface area contributed by atoms with Crippen molar-refractivity contribution >= 4 is 27.0 Å². The van der Waals surface area contributed by atoms with Crippen LogP contribution in [0, 0.1) is 0 Å². The predicted octanol–water partition coefficient (Wildman–Crippen LogP) is 10.3. The van der Waals surface area contributed by atoms with Gasteiger partial charge in [0.1, 0.15) is 0 Å². The zero-order chi connectivity index (χ0) is 28.8. The molecule has 0 bridgehead atoms. The molecule has 44 heavy (non-hydrogen) atoms. The van der Waals surface area contributed by atoms with Crippen molar-refractivity contribution in [2.24, 2.45) is 0 Å². The Morgan fingerprint density at radius 2 is 1.30 bits per heavy atom. The number of dihydropyridines is 1. The van der Waals surface area contributed by atoms with Crippen LogP contribution in [0.4, 0.5) is 0 Å². The summed E-state index contributed by atoms with van der Waals surface area (Å²) < 4.78 is 1.36. The van der Waals surface area contributed by atoms with Gasteiger partial charge < -0.3 is 5.32 Å². The summed E-state index contributed by atoms with van der Waals surface area (Å²) in [7, 11) is 0. The van der Waals surface area contributed by atoms with Gasteiger partial charge in [0.25, 0.3) is 0 Å². The Labute approximate surface area is 260 Å². The summed E-state index contributed by atoms with van der Waals surface area (Å²) in [5.41, 5.74) is 15.7. The van der Waals surface area contributed by atoms with Crippen LogP contribution in [0.25, 0.3) is 49.0 Å². The van der Waals surface area contributed by atoms with Crippen molar-refractivity contribution < 1.29 is 0 Å². The molecule has 0 fully saturated rings. The molecule has 2 unspecified atom stereocenters. The fourth-order valence-electron chi connectivity index (χ4n) is 8.12. The number of rotatable bonds is 2. The number of hydrogen-bond acceptors (Lipinski definition) is 2. The molecule has 1 nitrogen and oxygen atoms in total. The summed E-state index contributed by atoms with van der Waals surface area (Å²) in [5, 5.41) is 4.90. The van der Waals surface area contributed by atoms with Gasteiger partial charge in [0.15, 0.2) is 0 Å². The topological polar surface area (TPSA) is 12.0 Å². The van der Waals surface area contributed by atoms with E-state index in [0.717, 1.165) is 0 Å². The van der Waals surface area contributed by atoms with E-state index in [9.17, 15) is 0 Å². The highest BCUT2D eigenvalue weighted by atomic mass is 32.1. The van der Waals surface area contributed by atoms with Crippen LogP contribution < -0.4 is 5.32 Å². The lowest BCUT2D eigenvalue weighted by molar-refractivity contribution is 0.811. The zero-order valence-corrected chi connectivity index (χ0v) is 24.7. The number of benzene rings is 5. The van der Waals surface area contributed by atoms with E-state index >= 15 is 0 Å². The molecule has 10 rings (SSSR count). The second kappa shape index (κ2) is 8.92. The van der Waals surface area contributed by atoms with E-state index in [-0.39, 0.29) is 11.5 Å². The molecule has 1 aromatic heterocycles. The first-order valence-electron chi connectivity index (χ1n) is 15.3. The van der Waals surface area contributed by atoms with Crippen LogP contribution in [-0.4, -0.2) is 6.04 Å². The quantitative estimate of drug-likeness (QED) is 0.216. The maximum Gasteiger partial charge on any atom is 0.0819 e. The highest BCUT2D eigenvalue weighted by molar-refractivity contribution is 7.20. The minimum absolute atomic E-state index is 0.201. The molecule has 2 heterocycles. The van der Waals surface area contributed by atoms with Gasteiger partial charge in [-0.15, -0.1) is 11.3 Å². The molecule has 5 aromatic carbocycles. The molecule has 1 aliphatic heterocycles. The Balaban J connectivity index is 1.16. The lowest BCUT2D eigenvalue weighted by atomic mass is 9.73. The van der Waals surface area contributed by atoms with E-state index in [1.54, 1.807) is 0 Å². The van der Waals surface area contributed by atoms with E-state index in [4.69, 9.17) is 0 Å². The standard InChI is InChI=1S/C42H27NS/c1-4-15-35-31(11-1)32-23-22-29(26-18-20-27(21-19-26)30-14-7-9-28-10-8-24-43-40(28)30)25-37(32)42(35)36-16-5-2-12-33(36)39-34-13-3-6-17-38(34)44-41(39)42/h1-25,40,43H. The van der Waals surface area contributed by atoms with Crippen molar-refractivity contribution in [1.82, 2.24) is 5.32 Å². The van der Waals surface area contributed by atoms with Crippen LogP contribution in [0.2, 0.25) is 0 Å². The van der Waals surface area contributed by atoms with Crippen molar-refractivity contribution in [2.45, 2.75) is 11.5 Å². The molecule has 0 saturated carbocycles. The molecule has 2 heteroatoms. The highest BCUT2D eigenvalue weighted by Gasteiger charge is 2.53. The second-order valence-electron chi connectivity index (χ2n) is 12.1. The SMILES string of the molecule is C1=CNC2C(=C1)C=CC=C2c1ccc(-c2ccc3c(c2)C2(c4ccccc4-3)c3ccccc3-c3c2sc2ccccc32)cc1. The summed E-state index contributed by atoms with van der Waals surface area (Å²) in [6.45, 7) is 0. The van der Waals surface area contributed by atoms with Crippen LogP contribution in [0.5, 0.6) is 0 Å². The third-order valence-electron chi connectivity index (χ3n) is 9.99. The summed E-state index contributed by atoms with van der Waals surface area (Å²) in [6, 6.07) is 43.6. The third kappa shape index (κ3) is 3.08. The first-order valence-corrected chi connectivity index (χ1v) is 16.1. The first-order chi connectivity index (χ1) is 21.8. The first kappa shape index (κ1) is 24.3. The molecule has 0 saturated heterocycles. The molecule has 0 radical (unpaired) electrons. The predicted molar refractivity (Wildman–Crippen MR) is 185 cm³/mol. The average molecular weight is 578 g/mol. The molecule has 206 valence electrons. The van der Waals surface area contributed by atoms with Crippen molar-refractivity contribution in [3.8, 4) is 33.4 Å². The van der Waals surface area contributed by atoms with Crippen LogP contribution in [0.15, 0.2) is 157 Å². The normalized spacial score (nSPS) is 20.0. The summed E-state index contributed by atoms with van der Waals surface area (Å²) in [6.07, 6.45) is 12.9. The molecule has 1 spiro atoms. The third-order valence-corrected chi connectivity index (χ3v) is 11.3. The second-order valence-corrected chi connectivity index (χ2v) is 13.1. The largest absolute Gasteiger partial charge is 0.380 e. The monoisotopic (exact) mass is 577 g/mol.